The first-order valence-electron chi connectivity index (χ1n) is 6.76. The summed E-state index contributed by atoms with van der Waals surface area (Å²) in [5.41, 5.74) is 1.45. The zero-order valence-corrected chi connectivity index (χ0v) is 12.9. The minimum Gasteiger partial charge on any atom is -0.480 e. The summed E-state index contributed by atoms with van der Waals surface area (Å²) in [5.74, 6) is -0.855. The Bertz CT molecular complexity index is 671. The van der Waals surface area contributed by atoms with Gasteiger partial charge in [-0.25, -0.2) is 0 Å². The second kappa shape index (κ2) is 6.09. The van der Waals surface area contributed by atoms with Crippen LogP contribution >= 0.6 is 15.9 Å². The van der Waals surface area contributed by atoms with Gasteiger partial charge in [-0.1, -0.05) is 28.1 Å². The van der Waals surface area contributed by atoms with Crippen LogP contribution in [0.25, 0.3) is 10.9 Å². The molecule has 21 heavy (non-hydrogen) atoms. The number of nitrogens with zero attached hydrogens (tertiary/aromatic N) is 2. The molecule has 1 atom stereocenters. The molecule has 0 aliphatic carbocycles. The van der Waals surface area contributed by atoms with Crippen molar-refractivity contribution >= 4 is 32.8 Å². The van der Waals surface area contributed by atoms with Crippen LogP contribution in [-0.2, 0) is 9.53 Å². The first-order chi connectivity index (χ1) is 10.2. The molecule has 1 aliphatic heterocycles. The standard InChI is InChI=1S/C15H15BrN2O3/c16-12-4-3-11(13-10(12)2-1-5-17-13)14(15(19)20)18-6-8-21-9-7-18/h1-5,14H,6-9H2,(H,19,20). The summed E-state index contributed by atoms with van der Waals surface area (Å²) in [4.78, 5) is 18.1. The first-order valence-corrected chi connectivity index (χ1v) is 7.55. The molecule has 1 N–H and O–H groups in total. The number of benzene rings is 1. The zero-order chi connectivity index (χ0) is 14.8. The van der Waals surface area contributed by atoms with Crippen molar-refractivity contribution in [3.8, 4) is 0 Å². The van der Waals surface area contributed by atoms with E-state index in [4.69, 9.17) is 4.74 Å². The highest BCUT2D eigenvalue weighted by atomic mass is 79.9. The van der Waals surface area contributed by atoms with E-state index in [1.807, 2.05) is 29.2 Å². The van der Waals surface area contributed by atoms with Gasteiger partial charge in [-0.05, 0) is 12.1 Å². The molecule has 5 nitrogen and oxygen atoms in total. The molecule has 3 rings (SSSR count). The van der Waals surface area contributed by atoms with Gasteiger partial charge in [-0.2, -0.15) is 0 Å². The highest BCUT2D eigenvalue weighted by Crippen LogP contribution is 2.32. The Balaban J connectivity index is 2.11. The lowest BCUT2D eigenvalue weighted by molar-refractivity contribution is -0.145. The second-order valence-electron chi connectivity index (χ2n) is 4.93. The molecule has 1 aliphatic rings. The molecule has 0 saturated carbocycles. The number of aromatic nitrogens is 1. The molecule has 1 aromatic heterocycles. The normalized spacial score (nSPS) is 17.8. The topological polar surface area (TPSA) is 62.7 Å². The number of aliphatic carboxylic acids is 1. The molecular weight excluding hydrogens is 336 g/mol. The molecule has 1 saturated heterocycles. The number of carbonyl (C=O) groups is 1. The highest BCUT2D eigenvalue weighted by Gasteiger charge is 2.30. The average Bonchev–Trinajstić information content (AvgIpc) is 2.51. The van der Waals surface area contributed by atoms with Gasteiger partial charge in [0.2, 0.25) is 0 Å². The molecule has 2 aromatic rings. The van der Waals surface area contributed by atoms with Crippen LogP contribution in [0.15, 0.2) is 34.9 Å². The Morgan fingerprint density at radius 1 is 1.33 bits per heavy atom. The van der Waals surface area contributed by atoms with E-state index in [0.29, 0.717) is 26.3 Å². The van der Waals surface area contributed by atoms with Gasteiger partial charge in [0.1, 0.15) is 6.04 Å². The summed E-state index contributed by atoms with van der Waals surface area (Å²) in [7, 11) is 0. The van der Waals surface area contributed by atoms with Crippen molar-refractivity contribution < 1.29 is 14.6 Å². The van der Waals surface area contributed by atoms with Gasteiger partial charge in [-0.3, -0.25) is 14.7 Å². The van der Waals surface area contributed by atoms with Gasteiger partial charge in [0.05, 0.1) is 18.7 Å². The van der Waals surface area contributed by atoms with Crippen molar-refractivity contribution in [1.82, 2.24) is 9.88 Å². The van der Waals surface area contributed by atoms with Crippen LogP contribution in [0.3, 0.4) is 0 Å². The summed E-state index contributed by atoms with van der Waals surface area (Å²) in [6.07, 6.45) is 1.69. The van der Waals surface area contributed by atoms with Crippen LogP contribution in [0.4, 0.5) is 0 Å². The van der Waals surface area contributed by atoms with Crippen molar-refractivity contribution in [1.29, 1.82) is 0 Å². The van der Waals surface area contributed by atoms with E-state index in [9.17, 15) is 9.90 Å². The lowest BCUT2D eigenvalue weighted by atomic mass is 10.0. The molecule has 1 aromatic carbocycles. The summed E-state index contributed by atoms with van der Waals surface area (Å²) in [6.45, 7) is 2.35. The quantitative estimate of drug-likeness (QED) is 0.921. The lowest BCUT2D eigenvalue weighted by Gasteiger charge is -2.32. The van der Waals surface area contributed by atoms with E-state index in [1.165, 1.54) is 0 Å². The summed E-state index contributed by atoms with van der Waals surface area (Å²) < 4.78 is 6.23. The fourth-order valence-electron chi connectivity index (χ4n) is 2.70. The number of morpholine rings is 1. The van der Waals surface area contributed by atoms with Gasteiger partial charge in [0, 0.05) is 34.7 Å². The van der Waals surface area contributed by atoms with Gasteiger partial charge >= 0.3 is 5.97 Å². The fraction of sp³-hybridized carbons (Fsp3) is 0.333. The van der Waals surface area contributed by atoms with Crippen molar-refractivity contribution in [2.45, 2.75) is 6.04 Å². The van der Waals surface area contributed by atoms with Crippen molar-refractivity contribution in [2.75, 3.05) is 26.3 Å². The third kappa shape index (κ3) is 2.79. The van der Waals surface area contributed by atoms with Crippen molar-refractivity contribution in [3.05, 3.63) is 40.5 Å². The van der Waals surface area contributed by atoms with Crippen LogP contribution in [0, 0.1) is 0 Å². The molecule has 1 fully saturated rings. The van der Waals surface area contributed by atoms with Crippen LogP contribution in [0.1, 0.15) is 11.6 Å². The Labute approximate surface area is 130 Å². The summed E-state index contributed by atoms with van der Waals surface area (Å²) >= 11 is 3.49. The Morgan fingerprint density at radius 3 is 2.81 bits per heavy atom. The van der Waals surface area contributed by atoms with Crippen LogP contribution in [0.5, 0.6) is 0 Å². The fourth-order valence-corrected chi connectivity index (χ4v) is 3.15. The predicted molar refractivity (Wildman–Crippen MR) is 82.2 cm³/mol. The number of rotatable bonds is 3. The maximum absolute atomic E-state index is 11.8. The van der Waals surface area contributed by atoms with Gasteiger partial charge < -0.3 is 9.84 Å². The second-order valence-corrected chi connectivity index (χ2v) is 5.78. The lowest BCUT2D eigenvalue weighted by Crippen LogP contribution is -2.42. The largest absolute Gasteiger partial charge is 0.480 e. The molecule has 1 unspecified atom stereocenters. The minimum atomic E-state index is -0.855. The SMILES string of the molecule is O=C(O)C(c1ccc(Br)c2cccnc12)N1CCOCC1. The predicted octanol–water partition coefficient (Wildman–Crippen LogP) is 2.46. The number of carboxylic acid groups (broad SMARTS) is 1. The molecule has 110 valence electrons. The monoisotopic (exact) mass is 350 g/mol. The third-order valence-electron chi connectivity index (χ3n) is 3.69. The summed E-state index contributed by atoms with van der Waals surface area (Å²) in [5, 5.41) is 10.6. The minimum absolute atomic E-state index is 0.561. The summed E-state index contributed by atoms with van der Waals surface area (Å²) in [6, 6.07) is 6.82. The number of pyridine rings is 1. The molecule has 6 heteroatoms. The Hall–Kier alpha value is -1.50. The number of fused-ring (bicyclic) bond motifs is 1. The van der Waals surface area contributed by atoms with E-state index in [0.717, 1.165) is 20.9 Å². The number of hydrogen-bond donors (Lipinski definition) is 1. The first kappa shape index (κ1) is 14.4. The van der Waals surface area contributed by atoms with E-state index < -0.39 is 12.0 Å². The molecule has 2 heterocycles. The smallest absolute Gasteiger partial charge is 0.325 e. The molecule has 0 spiro atoms. The van der Waals surface area contributed by atoms with E-state index in [-0.39, 0.29) is 0 Å². The highest BCUT2D eigenvalue weighted by molar-refractivity contribution is 9.10. The number of halogens is 1. The molecule has 0 bridgehead atoms. The maximum Gasteiger partial charge on any atom is 0.325 e. The van der Waals surface area contributed by atoms with Crippen LogP contribution < -0.4 is 0 Å². The number of carboxylic acids is 1. The Morgan fingerprint density at radius 2 is 2.10 bits per heavy atom. The number of ether oxygens (including phenoxy) is 1. The van der Waals surface area contributed by atoms with Gasteiger partial charge in [-0.15, -0.1) is 0 Å². The van der Waals surface area contributed by atoms with Crippen LogP contribution in [0.2, 0.25) is 0 Å². The van der Waals surface area contributed by atoms with Crippen LogP contribution in [-0.4, -0.2) is 47.3 Å². The molecular formula is C15H15BrN2O3. The molecule has 0 amide bonds. The van der Waals surface area contributed by atoms with Crippen molar-refractivity contribution in [2.24, 2.45) is 0 Å². The van der Waals surface area contributed by atoms with Gasteiger partial charge in [0.25, 0.3) is 0 Å². The van der Waals surface area contributed by atoms with Gasteiger partial charge in [0.15, 0.2) is 0 Å². The Kier molecular flexibility index (Phi) is 4.19. The van der Waals surface area contributed by atoms with E-state index >= 15 is 0 Å². The maximum atomic E-state index is 11.8. The molecule has 0 radical (unpaired) electrons. The number of hydrogen-bond acceptors (Lipinski definition) is 4. The average molecular weight is 351 g/mol. The van der Waals surface area contributed by atoms with Crippen molar-refractivity contribution in [3.63, 3.8) is 0 Å². The van der Waals surface area contributed by atoms with E-state index in [1.54, 1.807) is 6.20 Å². The third-order valence-corrected chi connectivity index (χ3v) is 4.38. The zero-order valence-electron chi connectivity index (χ0n) is 11.3. The van der Waals surface area contributed by atoms with E-state index in [2.05, 4.69) is 20.9 Å².